The van der Waals surface area contributed by atoms with E-state index in [9.17, 15) is 4.39 Å². The van der Waals surface area contributed by atoms with Crippen molar-refractivity contribution in [1.29, 1.82) is 0 Å². The minimum Gasteiger partial charge on any atom is -0.309 e. The summed E-state index contributed by atoms with van der Waals surface area (Å²) in [4.78, 5) is 0. The van der Waals surface area contributed by atoms with E-state index in [1.165, 1.54) is 37.8 Å². The molecule has 1 aromatic carbocycles. The zero-order valence-electron chi connectivity index (χ0n) is 10.6. The number of hydrogen-bond donors (Lipinski definition) is 1. The summed E-state index contributed by atoms with van der Waals surface area (Å²) < 4.78 is 13.2. The van der Waals surface area contributed by atoms with E-state index < -0.39 is 0 Å². The summed E-state index contributed by atoms with van der Waals surface area (Å²) in [5.74, 6) is -0.221. The van der Waals surface area contributed by atoms with Gasteiger partial charge in [-0.1, -0.05) is 24.4 Å². The third-order valence-electron chi connectivity index (χ3n) is 3.57. The van der Waals surface area contributed by atoms with Gasteiger partial charge >= 0.3 is 0 Å². The van der Waals surface area contributed by atoms with E-state index in [-0.39, 0.29) is 5.82 Å². The van der Waals surface area contributed by atoms with Crippen LogP contribution in [0.5, 0.6) is 0 Å². The van der Waals surface area contributed by atoms with E-state index in [1.807, 2.05) is 11.8 Å². The van der Waals surface area contributed by atoms with Crippen LogP contribution in [-0.2, 0) is 6.54 Å². The lowest BCUT2D eigenvalue weighted by Gasteiger charge is -2.31. The largest absolute Gasteiger partial charge is 0.309 e. The molecule has 1 aromatic rings. The standard InChI is InChI=1S/C14H19ClFNS/c1-18-14-5-3-2-4-13(14)17-9-10-8-11(16)6-7-12(10)15/h6-8,13-14,17H,2-5,9H2,1H3. The third-order valence-corrected chi connectivity index (χ3v) is 5.11. The molecule has 0 spiro atoms. The quantitative estimate of drug-likeness (QED) is 0.889. The molecule has 1 aliphatic rings. The van der Waals surface area contributed by atoms with Crippen LogP contribution in [0.3, 0.4) is 0 Å². The fourth-order valence-electron chi connectivity index (χ4n) is 2.53. The molecule has 1 N–H and O–H groups in total. The molecule has 0 radical (unpaired) electrons. The van der Waals surface area contributed by atoms with Gasteiger partial charge in [-0.25, -0.2) is 4.39 Å². The molecular weight excluding hydrogens is 269 g/mol. The highest BCUT2D eigenvalue weighted by Gasteiger charge is 2.23. The fraction of sp³-hybridized carbons (Fsp3) is 0.571. The van der Waals surface area contributed by atoms with Gasteiger partial charge in [-0.15, -0.1) is 0 Å². The molecule has 2 rings (SSSR count). The number of nitrogens with one attached hydrogen (secondary N) is 1. The van der Waals surface area contributed by atoms with E-state index in [4.69, 9.17) is 11.6 Å². The van der Waals surface area contributed by atoms with Gasteiger partial charge in [0.25, 0.3) is 0 Å². The van der Waals surface area contributed by atoms with Crippen LogP contribution < -0.4 is 5.32 Å². The molecule has 0 amide bonds. The summed E-state index contributed by atoms with van der Waals surface area (Å²) in [7, 11) is 0. The second kappa shape index (κ2) is 6.78. The van der Waals surface area contributed by atoms with Crippen LogP contribution in [0.1, 0.15) is 31.2 Å². The second-order valence-corrected chi connectivity index (χ2v) is 6.27. The zero-order chi connectivity index (χ0) is 13.0. The molecule has 0 heterocycles. The van der Waals surface area contributed by atoms with Crippen molar-refractivity contribution in [2.24, 2.45) is 0 Å². The Morgan fingerprint density at radius 3 is 2.94 bits per heavy atom. The van der Waals surface area contributed by atoms with Crippen LogP contribution in [-0.4, -0.2) is 17.5 Å². The lowest BCUT2D eigenvalue weighted by molar-refractivity contribution is 0.383. The van der Waals surface area contributed by atoms with E-state index in [0.29, 0.717) is 22.9 Å². The first kappa shape index (κ1) is 14.2. The van der Waals surface area contributed by atoms with Crippen LogP contribution in [0.15, 0.2) is 18.2 Å². The van der Waals surface area contributed by atoms with Gasteiger partial charge < -0.3 is 5.32 Å². The average Bonchev–Trinajstić information content (AvgIpc) is 2.40. The number of thioether (sulfide) groups is 1. The summed E-state index contributed by atoms with van der Waals surface area (Å²) in [5.41, 5.74) is 0.849. The van der Waals surface area contributed by atoms with Gasteiger partial charge in [0.1, 0.15) is 5.82 Å². The van der Waals surface area contributed by atoms with Crippen molar-refractivity contribution in [3.8, 4) is 0 Å². The molecule has 1 aliphatic carbocycles. The Kier molecular flexibility index (Phi) is 5.34. The van der Waals surface area contributed by atoms with Gasteiger partial charge in [0.05, 0.1) is 0 Å². The number of hydrogen-bond acceptors (Lipinski definition) is 2. The van der Waals surface area contributed by atoms with Crippen LogP contribution in [0.25, 0.3) is 0 Å². The van der Waals surface area contributed by atoms with Crippen molar-refractivity contribution in [3.05, 3.63) is 34.6 Å². The minimum absolute atomic E-state index is 0.221. The lowest BCUT2D eigenvalue weighted by atomic mass is 9.94. The smallest absolute Gasteiger partial charge is 0.123 e. The maximum atomic E-state index is 13.2. The van der Waals surface area contributed by atoms with Gasteiger partial charge in [-0.3, -0.25) is 0 Å². The number of rotatable bonds is 4. The van der Waals surface area contributed by atoms with Gasteiger partial charge in [0.2, 0.25) is 0 Å². The molecule has 0 bridgehead atoms. The molecule has 1 saturated carbocycles. The average molecular weight is 288 g/mol. The van der Waals surface area contributed by atoms with Gasteiger partial charge in [-0.05, 0) is 42.9 Å². The maximum Gasteiger partial charge on any atom is 0.123 e. The highest BCUT2D eigenvalue weighted by Crippen LogP contribution is 2.27. The normalized spacial score (nSPS) is 24.2. The van der Waals surface area contributed by atoms with E-state index in [1.54, 1.807) is 6.07 Å². The molecule has 100 valence electrons. The maximum absolute atomic E-state index is 13.2. The van der Waals surface area contributed by atoms with Crippen molar-refractivity contribution in [3.63, 3.8) is 0 Å². The molecule has 0 saturated heterocycles. The topological polar surface area (TPSA) is 12.0 Å². The van der Waals surface area contributed by atoms with Gasteiger partial charge in [0.15, 0.2) is 0 Å². The summed E-state index contributed by atoms with van der Waals surface area (Å²) >= 11 is 8.00. The Hall–Kier alpha value is -0.250. The van der Waals surface area contributed by atoms with E-state index in [2.05, 4.69) is 11.6 Å². The Labute approximate surface area is 117 Å². The molecular formula is C14H19ClFNS. The molecule has 18 heavy (non-hydrogen) atoms. The van der Waals surface area contributed by atoms with Gasteiger partial charge in [-0.2, -0.15) is 11.8 Å². The molecule has 1 nitrogen and oxygen atoms in total. The number of benzene rings is 1. The molecule has 1 fully saturated rings. The van der Waals surface area contributed by atoms with Crippen LogP contribution in [0.2, 0.25) is 5.02 Å². The predicted octanol–water partition coefficient (Wildman–Crippen LogP) is 4.24. The first-order valence-electron chi connectivity index (χ1n) is 6.41. The Balaban J connectivity index is 1.95. The Bertz CT molecular complexity index is 399. The minimum atomic E-state index is -0.221. The predicted molar refractivity (Wildman–Crippen MR) is 77.8 cm³/mol. The first-order valence-corrected chi connectivity index (χ1v) is 8.07. The summed E-state index contributed by atoms with van der Waals surface area (Å²) in [6.45, 7) is 0.651. The van der Waals surface area contributed by atoms with E-state index in [0.717, 1.165) is 5.56 Å². The molecule has 0 aromatic heterocycles. The number of halogens is 2. The van der Waals surface area contributed by atoms with Crippen molar-refractivity contribution >= 4 is 23.4 Å². The van der Waals surface area contributed by atoms with Crippen LogP contribution in [0.4, 0.5) is 4.39 Å². The molecule has 2 atom stereocenters. The second-order valence-electron chi connectivity index (χ2n) is 4.78. The van der Waals surface area contributed by atoms with Crippen molar-refractivity contribution in [2.75, 3.05) is 6.26 Å². The third kappa shape index (κ3) is 3.62. The SMILES string of the molecule is CSC1CCCCC1NCc1cc(F)ccc1Cl. The molecule has 4 heteroatoms. The summed E-state index contributed by atoms with van der Waals surface area (Å²) in [6, 6.07) is 5.07. The Morgan fingerprint density at radius 2 is 2.17 bits per heavy atom. The van der Waals surface area contributed by atoms with Gasteiger partial charge in [0, 0.05) is 22.9 Å². The summed E-state index contributed by atoms with van der Waals surface area (Å²) in [5, 5.41) is 4.85. The van der Waals surface area contributed by atoms with E-state index >= 15 is 0 Å². The van der Waals surface area contributed by atoms with Crippen molar-refractivity contribution in [1.82, 2.24) is 5.32 Å². The fourth-order valence-corrected chi connectivity index (χ4v) is 3.68. The van der Waals surface area contributed by atoms with Crippen LogP contribution >= 0.6 is 23.4 Å². The lowest BCUT2D eigenvalue weighted by Crippen LogP contribution is -2.40. The highest BCUT2D eigenvalue weighted by atomic mass is 35.5. The zero-order valence-corrected chi connectivity index (χ0v) is 12.2. The summed E-state index contributed by atoms with van der Waals surface area (Å²) in [6.07, 6.45) is 7.25. The first-order chi connectivity index (χ1) is 8.70. The molecule has 2 unspecified atom stereocenters. The van der Waals surface area contributed by atoms with Crippen molar-refractivity contribution in [2.45, 2.75) is 43.5 Å². The monoisotopic (exact) mass is 287 g/mol. The molecule has 0 aliphatic heterocycles. The Morgan fingerprint density at radius 1 is 1.39 bits per heavy atom. The van der Waals surface area contributed by atoms with Crippen molar-refractivity contribution < 1.29 is 4.39 Å². The van der Waals surface area contributed by atoms with Crippen LogP contribution in [0, 0.1) is 5.82 Å². The highest BCUT2D eigenvalue weighted by molar-refractivity contribution is 7.99.